The number of hydrogen-bond donors (Lipinski definition) is 3. The first-order valence-corrected chi connectivity index (χ1v) is 10.2. The van der Waals surface area contributed by atoms with Crippen molar-refractivity contribution < 1.29 is 29.3 Å². The average molecular weight is 433 g/mol. The molecule has 4 rings (SSSR count). The number of carbonyl (C=O) groups excluding carboxylic acids is 2. The van der Waals surface area contributed by atoms with Crippen LogP contribution in [0.1, 0.15) is 22.6 Å². The van der Waals surface area contributed by atoms with E-state index in [-0.39, 0.29) is 30.4 Å². The lowest BCUT2D eigenvalue weighted by Crippen LogP contribution is -2.43. The van der Waals surface area contributed by atoms with Gasteiger partial charge in [0.1, 0.15) is 12.6 Å². The van der Waals surface area contributed by atoms with Crippen LogP contribution < -0.4 is 5.32 Å². The van der Waals surface area contributed by atoms with Crippen LogP contribution in [-0.2, 0) is 20.7 Å². The minimum atomic E-state index is -1.01. The Morgan fingerprint density at radius 2 is 1.56 bits per heavy atom. The molecule has 0 aliphatic heterocycles. The van der Waals surface area contributed by atoms with Crippen molar-refractivity contribution in [2.75, 3.05) is 13.7 Å². The predicted molar refractivity (Wildman–Crippen MR) is 117 cm³/mol. The second-order valence-corrected chi connectivity index (χ2v) is 7.57. The number of nitrogens with one attached hydrogen (secondary N) is 1. The van der Waals surface area contributed by atoms with E-state index in [0.717, 1.165) is 22.3 Å². The molecule has 0 fully saturated rings. The van der Waals surface area contributed by atoms with Crippen LogP contribution in [0.25, 0.3) is 11.1 Å². The first kappa shape index (κ1) is 21.2. The quantitative estimate of drug-likeness (QED) is 0.404. The molecule has 1 amide bonds. The van der Waals surface area contributed by atoms with Gasteiger partial charge in [-0.25, -0.2) is 9.59 Å². The van der Waals surface area contributed by atoms with Crippen LogP contribution in [0.3, 0.4) is 0 Å². The molecule has 1 atom stereocenters. The molecular formula is C25H23NO6. The second kappa shape index (κ2) is 9.01. The summed E-state index contributed by atoms with van der Waals surface area (Å²) in [5, 5.41) is 21.7. The van der Waals surface area contributed by atoms with Crippen molar-refractivity contribution in [3.63, 3.8) is 0 Å². The van der Waals surface area contributed by atoms with Crippen LogP contribution in [0.15, 0.2) is 66.7 Å². The molecular weight excluding hydrogens is 410 g/mol. The molecule has 0 saturated heterocycles. The van der Waals surface area contributed by atoms with E-state index in [2.05, 4.69) is 17.4 Å². The minimum Gasteiger partial charge on any atom is -0.504 e. The number of esters is 1. The molecule has 0 heterocycles. The predicted octanol–water partition coefficient (Wildman–Crippen LogP) is 3.72. The normalized spacial score (nSPS) is 13.0. The third kappa shape index (κ3) is 4.23. The molecule has 0 aromatic heterocycles. The fourth-order valence-corrected chi connectivity index (χ4v) is 4.05. The fraction of sp³-hybridized carbons (Fsp3) is 0.200. The molecule has 0 spiro atoms. The summed E-state index contributed by atoms with van der Waals surface area (Å²) in [5.74, 6) is -1.33. The van der Waals surface area contributed by atoms with E-state index >= 15 is 0 Å². The van der Waals surface area contributed by atoms with Gasteiger partial charge in [-0.15, -0.1) is 0 Å². The van der Waals surface area contributed by atoms with Gasteiger partial charge in [0.25, 0.3) is 0 Å². The number of aromatic hydroxyl groups is 2. The zero-order chi connectivity index (χ0) is 22.7. The van der Waals surface area contributed by atoms with Crippen molar-refractivity contribution in [3.8, 4) is 22.6 Å². The lowest BCUT2D eigenvalue weighted by molar-refractivity contribution is -0.143. The molecule has 1 aliphatic carbocycles. The summed E-state index contributed by atoms with van der Waals surface area (Å²) in [5.41, 5.74) is 4.96. The summed E-state index contributed by atoms with van der Waals surface area (Å²) >= 11 is 0. The number of phenols is 2. The number of rotatable bonds is 6. The molecule has 0 saturated carbocycles. The Labute approximate surface area is 185 Å². The molecule has 3 N–H and O–H groups in total. The topological polar surface area (TPSA) is 105 Å². The Bertz CT molecular complexity index is 1110. The van der Waals surface area contributed by atoms with Gasteiger partial charge in [0.05, 0.1) is 7.11 Å². The number of carbonyl (C=O) groups is 2. The van der Waals surface area contributed by atoms with Gasteiger partial charge in [-0.3, -0.25) is 0 Å². The first-order chi connectivity index (χ1) is 15.5. The van der Waals surface area contributed by atoms with E-state index in [4.69, 9.17) is 9.47 Å². The summed E-state index contributed by atoms with van der Waals surface area (Å²) in [4.78, 5) is 24.7. The number of hydrogen-bond acceptors (Lipinski definition) is 6. The maximum atomic E-state index is 12.5. The van der Waals surface area contributed by atoms with Crippen molar-refractivity contribution in [1.82, 2.24) is 5.32 Å². The third-order valence-corrected chi connectivity index (χ3v) is 5.60. The number of ether oxygens (including phenoxy) is 2. The maximum Gasteiger partial charge on any atom is 0.407 e. The molecule has 164 valence electrons. The zero-order valence-electron chi connectivity index (χ0n) is 17.4. The lowest BCUT2D eigenvalue weighted by Gasteiger charge is -2.18. The van der Waals surface area contributed by atoms with E-state index in [1.807, 2.05) is 36.4 Å². The van der Waals surface area contributed by atoms with Crippen LogP contribution in [0.2, 0.25) is 0 Å². The first-order valence-electron chi connectivity index (χ1n) is 10.2. The molecule has 0 unspecified atom stereocenters. The molecule has 3 aromatic rings. The number of amides is 1. The lowest BCUT2D eigenvalue weighted by atomic mass is 9.98. The molecule has 3 aromatic carbocycles. The van der Waals surface area contributed by atoms with Gasteiger partial charge >= 0.3 is 12.1 Å². The number of phenolic OH excluding ortho intramolecular Hbond substituents is 2. The van der Waals surface area contributed by atoms with Crippen molar-refractivity contribution in [2.45, 2.75) is 18.4 Å². The Hall–Kier alpha value is -4.00. The smallest absolute Gasteiger partial charge is 0.407 e. The third-order valence-electron chi connectivity index (χ3n) is 5.60. The van der Waals surface area contributed by atoms with Crippen molar-refractivity contribution >= 4 is 12.1 Å². The summed E-state index contributed by atoms with van der Waals surface area (Å²) in [6.07, 6.45) is -0.685. The second-order valence-electron chi connectivity index (χ2n) is 7.57. The van der Waals surface area contributed by atoms with Gasteiger partial charge in [0.2, 0.25) is 0 Å². The van der Waals surface area contributed by atoms with E-state index in [9.17, 15) is 19.8 Å². The van der Waals surface area contributed by atoms with Crippen LogP contribution in [-0.4, -0.2) is 42.0 Å². The number of alkyl carbamates (subject to hydrolysis) is 1. The van der Waals surface area contributed by atoms with Gasteiger partial charge < -0.3 is 25.0 Å². The monoisotopic (exact) mass is 433 g/mol. The summed E-state index contributed by atoms with van der Waals surface area (Å²) in [6.45, 7) is 0.119. The van der Waals surface area contributed by atoms with Gasteiger partial charge in [-0.2, -0.15) is 0 Å². The van der Waals surface area contributed by atoms with Crippen molar-refractivity contribution in [2.24, 2.45) is 0 Å². The fourth-order valence-electron chi connectivity index (χ4n) is 4.05. The number of benzene rings is 3. The van der Waals surface area contributed by atoms with Gasteiger partial charge in [0.15, 0.2) is 11.5 Å². The Morgan fingerprint density at radius 3 is 2.16 bits per heavy atom. The standard InChI is InChI=1S/C25H23NO6/c1-31-24(29)21(12-15-10-11-22(27)23(28)13-15)26-25(30)32-14-20-18-8-4-2-6-16(18)17-7-3-5-9-19(17)20/h2-11,13,20-21,27-28H,12,14H2,1H3,(H,26,30)/t21-/m0/s1. The van der Waals surface area contributed by atoms with E-state index < -0.39 is 18.1 Å². The molecule has 7 heteroatoms. The Kier molecular flexibility index (Phi) is 5.98. The van der Waals surface area contributed by atoms with Gasteiger partial charge in [-0.05, 0) is 39.9 Å². The van der Waals surface area contributed by atoms with Gasteiger partial charge in [0, 0.05) is 12.3 Å². The van der Waals surface area contributed by atoms with Crippen LogP contribution in [0, 0.1) is 0 Å². The molecule has 1 aliphatic rings. The average Bonchev–Trinajstić information content (AvgIpc) is 3.13. The van der Waals surface area contributed by atoms with E-state index in [0.29, 0.717) is 5.56 Å². The number of methoxy groups -OCH3 is 1. The highest BCUT2D eigenvalue weighted by Gasteiger charge is 2.30. The SMILES string of the molecule is COC(=O)[C@H](Cc1ccc(O)c(O)c1)NC(=O)OCC1c2ccccc2-c2ccccc21. The van der Waals surface area contributed by atoms with Crippen molar-refractivity contribution in [3.05, 3.63) is 83.4 Å². The minimum absolute atomic E-state index is 0.0602. The molecule has 0 radical (unpaired) electrons. The largest absolute Gasteiger partial charge is 0.504 e. The van der Waals surface area contributed by atoms with Crippen LogP contribution >= 0.6 is 0 Å². The Morgan fingerprint density at radius 1 is 0.938 bits per heavy atom. The van der Waals surface area contributed by atoms with Crippen LogP contribution in [0.5, 0.6) is 11.5 Å². The Balaban J connectivity index is 1.45. The summed E-state index contributed by atoms with van der Waals surface area (Å²) in [7, 11) is 1.23. The summed E-state index contributed by atoms with van der Waals surface area (Å²) in [6, 6.07) is 19.2. The highest BCUT2D eigenvalue weighted by Crippen LogP contribution is 2.44. The zero-order valence-corrected chi connectivity index (χ0v) is 17.4. The summed E-state index contributed by atoms with van der Waals surface area (Å²) < 4.78 is 10.3. The van der Waals surface area contributed by atoms with Crippen molar-refractivity contribution in [1.29, 1.82) is 0 Å². The van der Waals surface area contributed by atoms with Gasteiger partial charge in [-0.1, -0.05) is 54.6 Å². The highest BCUT2D eigenvalue weighted by molar-refractivity contribution is 5.82. The van der Waals surface area contributed by atoms with E-state index in [1.165, 1.54) is 19.2 Å². The molecule has 32 heavy (non-hydrogen) atoms. The molecule has 7 nitrogen and oxygen atoms in total. The number of fused-ring (bicyclic) bond motifs is 3. The van der Waals surface area contributed by atoms with Crippen LogP contribution in [0.4, 0.5) is 4.79 Å². The molecule has 0 bridgehead atoms. The van der Waals surface area contributed by atoms with E-state index in [1.54, 1.807) is 6.07 Å². The maximum absolute atomic E-state index is 12.5. The highest BCUT2D eigenvalue weighted by atomic mass is 16.6.